The predicted molar refractivity (Wildman–Crippen MR) is 93.0 cm³/mol. The summed E-state index contributed by atoms with van der Waals surface area (Å²) in [5, 5.41) is 6.27. The molecule has 1 atom stereocenters. The molecule has 134 valence electrons. The second-order valence-corrected chi connectivity index (χ2v) is 8.18. The van der Waals surface area contributed by atoms with Gasteiger partial charge < -0.3 is 15.4 Å². The lowest BCUT2D eigenvalue weighted by molar-refractivity contribution is 0.0318. The molecule has 1 aromatic rings. The molecule has 25 heavy (non-hydrogen) atoms. The fraction of sp³-hybridized carbons (Fsp3) is 0.412. The van der Waals surface area contributed by atoms with E-state index in [1.54, 1.807) is 24.3 Å². The number of ether oxygens (including phenoxy) is 1. The maximum absolute atomic E-state index is 12.0. The first-order valence-corrected chi connectivity index (χ1v) is 9.92. The first kappa shape index (κ1) is 17.5. The number of benzene rings is 1. The van der Waals surface area contributed by atoms with Crippen molar-refractivity contribution in [1.82, 2.24) is 5.32 Å². The summed E-state index contributed by atoms with van der Waals surface area (Å²) < 4.78 is 28.0. The number of hydrogen-bond acceptors (Lipinski definition) is 5. The van der Waals surface area contributed by atoms with E-state index >= 15 is 0 Å². The molecular formula is C17H20N2O5S. The molecule has 2 N–H and O–H groups in total. The van der Waals surface area contributed by atoms with Crippen LogP contribution >= 0.6 is 0 Å². The molecule has 1 aliphatic heterocycles. The Morgan fingerprint density at radius 2 is 1.76 bits per heavy atom. The summed E-state index contributed by atoms with van der Waals surface area (Å²) >= 11 is 0. The van der Waals surface area contributed by atoms with E-state index in [2.05, 4.69) is 10.6 Å². The number of hydrogen-bond donors (Lipinski definition) is 2. The van der Waals surface area contributed by atoms with E-state index in [4.69, 9.17) is 4.74 Å². The summed E-state index contributed by atoms with van der Waals surface area (Å²) in [5.74, 6) is -0.490. The first-order chi connectivity index (χ1) is 11.9. The van der Waals surface area contributed by atoms with E-state index in [0.29, 0.717) is 11.3 Å². The van der Waals surface area contributed by atoms with E-state index in [0.717, 1.165) is 31.1 Å². The van der Waals surface area contributed by atoms with Gasteiger partial charge in [0.05, 0.1) is 17.4 Å². The van der Waals surface area contributed by atoms with Crippen LogP contribution in [0.3, 0.4) is 0 Å². The highest BCUT2D eigenvalue weighted by Crippen LogP contribution is 2.22. The largest absolute Gasteiger partial charge is 0.459 e. The van der Waals surface area contributed by atoms with Crippen LogP contribution in [-0.4, -0.2) is 38.3 Å². The molecule has 0 radical (unpaired) electrons. The minimum absolute atomic E-state index is 0.00632. The minimum Gasteiger partial charge on any atom is -0.459 e. The first-order valence-electron chi connectivity index (χ1n) is 8.21. The third kappa shape index (κ3) is 4.82. The number of esters is 1. The van der Waals surface area contributed by atoms with Crippen molar-refractivity contribution >= 4 is 27.5 Å². The van der Waals surface area contributed by atoms with Crippen LogP contribution in [0.2, 0.25) is 0 Å². The molecule has 1 fully saturated rings. The van der Waals surface area contributed by atoms with Crippen LogP contribution in [0.5, 0.6) is 0 Å². The third-order valence-corrected chi connectivity index (χ3v) is 5.60. The van der Waals surface area contributed by atoms with Crippen LogP contribution in [0.25, 0.3) is 0 Å². The van der Waals surface area contributed by atoms with Crippen LogP contribution in [0.1, 0.15) is 36.0 Å². The number of carbonyl (C=O) groups is 2. The van der Waals surface area contributed by atoms with Gasteiger partial charge in [0.25, 0.3) is 0 Å². The number of sulfone groups is 1. The van der Waals surface area contributed by atoms with Gasteiger partial charge in [-0.15, -0.1) is 0 Å². The Balaban J connectivity index is 1.51. The summed E-state index contributed by atoms with van der Waals surface area (Å²) in [4.78, 5) is 23.9. The summed E-state index contributed by atoms with van der Waals surface area (Å²) in [5.41, 5.74) is 0.933. The Morgan fingerprint density at radius 1 is 1.08 bits per heavy atom. The van der Waals surface area contributed by atoms with E-state index in [1.165, 1.54) is 6.08 Å². The number of nitrogens with one attached hydrogen (secondary N) is 2. The van der Waals surface area contributed by atoms with Crippen molar-refractivity contribution < 1.29 is 22.7 Å². The second kappa shape index (κ2) is 7.26. The number of rotatable bonds is 4. The van der Waals surface area contributed by atoms with Crippen LogP contribution < -0.4 is 10.6 Å². The lowest BCUT2D eigenvalue weighted by Crippen LogP contribution is -2.38. The highest BCUT2D eigenvalue weighted by Gasteiger charge is 2.23. The normalized spacial score (nSPS) is 21.8. The molecule has 2 aliphatic rings. The molecule has 1 aliphatic carbocycles. The molecule has 1 saturated carbocycles. The van der Waals surface area contributed by atoms with Crippen LogP contribution in [0, 0.1) is 0 Å². The second-order valence-electron chi connectivity index (χ2n) is 6.25. The average Bonchev–Trinajstić information content (AvgIpc) is 3.17. The Bertz CT molecular complexity index is 780. The summed E-state index contributed by atoms with van der Waals surface area (Å²) in [7, 11) is -3.21. The van der Waals surface area contributed by atoms with Gasteiger partial charge in [-0.1, -0.05) is 0 Å². The Kier molecular flexibility index (Phi) is 5.08. The van der Waals surface area contributed by atoms with Crippen molar-refractivity contribution in [3.05, 3.63) is 41.3 Å². The standard InChI is InChI=1S/C17H20N2O5S/c20-16(24-15-3-1-2-4-15)12-5-7-13(8-6-12)18-17(21)19-14-9-10-25(22,23)11-14/h5-10,14-15H,1-4,11H2,(H2,18,19,21). The van der Waals surface area contributed by atoms with Gasteiger partial charge in [0.15, 0.2) is 9.84 Å². The molecule has 1 heterocycles. The summed E-state index contributed by atoms with van der Waals surface area (Å²) in [6.07, 6.45) is 5.46. The van der Waals surface area contributed by atoms with E-state index in [-0.39, 0.29) is 17.8 Å². The van der Waals surface area contributed by atoms with Crippen LogP contribution in [-0.2, 0) is 14.6 Å². The van der Waals surface area contributed by atoms with Gasteiger partial charge in [-0.3, -0.25) is 0 Å². The Labute approximate surface area is 146 Å². The van der Waals surface area contributed by atoms with Gasteiger partial charge in [-0.25, -0.2) is 18.0 Å². The lowest BCUT2D eigenvalue weighted by Gasteiger charge is -2.13. The third-order valence-electron chi connectivity index (χ3n) is 4.20. The van der Waals surface area contributed by atoms with E-state index in [9.17, 15) is 18.0 Å². The highest BCUT2D eigenvalue weighted by atomic mass is 32.2. The molecule has 0 spiro atoms. The summed E-state index contributed by atoms with van der Waals surface area (Å²) in [6.45, 7) is 0. The number of urea groups is 1. The molecule has 7 nitrogen and oxygen atoms in total. The zero-order valence-electron chi connectivity index (χ0n) is 13.6. The van der Waals surface area contributed by atoms with Gasteiger partial charge in [0, 0.05) is 11.1 Å². The number of amides is 2. The maximum Gasteiger partial charge on any atom is 0.338 e. The van der Waals surface area contributed by atoms with Gasteiger partial charge in [0.2, 0.25) is 0 Å². The zero-order valence-corrected chi connectivity index (χ0v) is 14.4. The maximum atomic E-state index is 12.0. The molecule has 0 saturated heterocycles. The average molecular weight is 364 g/mol. The van der Waals surface area contributed by atoms with Gasteiger partial charge in [0.1, 0.15) is 6.10 Å². The summed E-state index contributed by atoms with van der Waals surface area (Å²) in [6, 6.07) is 5.34. The topological polar surface area (TPSA) is 102 Å². The fourth-order valence-corrected chi connectivity index (χ4v) is 4.15. The molecule has 1 unspecified atom stereocenters. The van der Waals surface area contributed by atoms with E-state index in [1.807, 2.05) is 0 Å². The van der Waals surface area contributed by atoms with Gasteiger partial charge in [-0.2, -0.15) is 0 Å². The van der Waals surface area contributed by atoms with Gasteiger partial charge >= 0.3 is 12.0 Å². The Hall–Kier alpha value is -2.35. The SMILES string of the molecule is O=C(Nc1ccc(C(=O)OC2CCCC2)cc1)NC1C=CS(=O)(=O)C1. The van der Waals surface area contributed by atoms with Crippen LogP contribution in [0.4, 0.5) is 10.5 Å². The lowest BCUT2D eigenvalue weighted by atomic mass is 10.2. The number of carbonyl (C=O) groups excluding carboxylic acids is 2. The van der Waals surface area contributed by atoms with Crippen molar-refractivity contribution in [3.8, 4) is 0 Å². The molecule has 3 rings (SSSR count). The predicted octanol–water partition coefficient (Wildman–Crippen LogP) is 2.22. The molecule has 0 bridgehead atoms. The molecule has 2 amide bonds. The van der Waals surface area contributed by atoms with Crippen LogP contribution in [0.15, 0.2) is 35.7 Å². The molecule has 0 aromatic heterocycles. The smallest absolute Gasteiger partial charge is 0.338 e. The Morgan fingerprint density at radius 3 is 2.36 bits per heavy atom. The fourth-order valence-electron chi connectivity index (χ4n) is 2.92. The van der Waals surface area contributed by atoms with Crippen molar-refractivity contribution in [3.63, 3.8) is 0 Å². The molecular weight excluding hydrogens is 344 g/mol. The van der Waals surface area contributed by atoms with E-state index < -0.39 is 21.9 Å². The minimum atomic E-state index is -3.21. The number of anilines is 1. The quantitative estimate of drug-likeness (QED) is 0.798. The monoisotopic (exact) mass is 364 g/mol. The van der Waals surface area contributed by atoms with Gasteiger partial charge in [-0.05, 0) is 56.0 Å². The van der Waals surface area contributed by atoms with Crippen molar-refractivity contribution in [1.29, 1.82) is 0 Å². The zero-order chi connectivity index (χ0) is 17.9. The van der Waals surface area contributed by atoms with Crippen molar-refractivity contribution in [2.45, 2.75) is 37.8 Å². The van der Waals surface area contributed by atoms with Crippen molar-refractivity contribution in [2.75, 3.05) is 11.1 Å². The van der Waals surface area contributed by atoms with Crippen molar-refractivity contribution in [2.24, 2.45) is 0 Å². The molecule has 1 aromatic carbocycles. The molecule has 8 heteroatoms. The highest BCUT2D eigenvalue weighted by molar-refractivity contribution is 7.94.